The summed E-state index contributed by atoms with van der Waals surface area (Å²) in [6.07, 6.45) is 0. The molecule has 8 heteroatoms. The summed E-state index contributed by atoms with van der Waals surface area (Å²) in [6, 6.07) is 14.9. The number of hydrogen-bond donors (Lipinski definition) is 2. The van der Waals surface area contributed by atoms with Gasteiger partial charge in [-0.15, -0.1) is 0 Å². The summed E-state index contributed by atoms with van der Waals surface area (Å²) in [5.41, 5.74) is -0.112. The van der Waals surface area contributed by atoms with Crippen molar-refractivity contribution in [2.24, 2.45) is 0 Å². The lowest BCUT2D eigenvalue weighted by atomic mass is 10.1. The zero-order valence-electron chi connectivity index (χ0n) is 16.2. The summed E-state index contributed by atoms with van der Waals surface area (Å²) in [6.45, 7) is 5.21. The topological polar surface area (TPSA) is 88.4 Å². The highest BCUT2D eigenvalue weighted by Crippen LogP contribution is 2.25. The van der Waals surface area contributed by atoms with E-state index >= 15 is 0 Å². The molecule has 0 unspecified atom stereocenters. The number of carbonyl (C=O) groups excluding carboxylic acids is 1. The molecule has 0 saturated carbocycles. The van der Waals surface area contributed by atoms with Crippen molar-refractivity contribution in [3.05, 3.63) is 72.2 Å². The largest absolute Gasteiger partial charge is 0.451 e. The molecule has 29 heavy (non-hydrogen) atoms. The van der Waals surface area contributed by atoms with E-state index in [-0.39, 0.29) is 27.7 Å². The molecular weight excluding hydrogens is 395 g/mol. The van der Waals surface area contributed by atoms with Gasteiger partial charge < -0.3 is 9.73 Å². The molecule has 0 saturated heterocycles. The smallest absolute Gasteiger partial charge is 0.291 e. The molecule has 0 spiro atoms. The van der Waals surface area contributed by atoms with Crippen LogP contribution in [0.3, 0.4) is 0 Å². The Morgan fingerprint density at radius 3 is 2.41 bits per heavy atom. The third-order valence-corrected chi connectivity index (χ3v) is 5.57. The van der Waals surface area contributed by atoms with Crippen LogP contribution in [0.15, 0.2) is 70.0 Å². The van der Waals surface area contributed by atoms with Crippen LogP contribution in [0.5, 0.6) is 0 Å². The van der Waals surface area contributed by atoms with Crippen LogP contribution in [0.25, 0.3) is 11.3 Å². The van der Waals surface area contributed by atoms with Gasteiger partial charge in [-0.25, -0.2) is 17.5 Å². The number of amides is 1. The molecule has 0 aliphatic carbocycles. The van der Waals surface area contributed by atoms with Crippen LogP contribution in [0.1, 0.15) is 31.3 Å². The lowest BCUT2D eigenvalue weighted by Crippen LogP contribution is -2.40. The second-order valence-corrected chi connectivity index (χ2v) is 9.16. The Hall–Kier alpha value is -2.97. The van der Waals surface area contributed by atoms with Crippen molar-refractivity contribution in [2.45, 2.75) is 31.2 Å². The van der Waals surface area contributed by atoms with Gasteiger partial charge in [0, 0.05) is 11.2 Å². The summed E-state index contributed by atoms with van der Waals surface area (Å²) in [5.74, 6) is -0.840. The molecule has 1 amide bonds. The third-order valence-electron chi connectivity index (χ3n) is 3.81. The second kappa shape index (κ2) is 7.81. The fourth-order valence-electron chi connectivity index (χ4n) is 2.66. The van der Waals surface area contributed by atoms with Crippen molar-refractivity contribution in [2.75, 3.05) is 5.32 Å². The molecule has 1 aromatic heterocycles. The van der Waals surface area contributed by atoms with Gasteiger partial charge in [-0.2, -0.15) is 0 Å². The van der Waals surface area contributed by atoms with E-state index in [1.54, 1.807) is 45.0 Å². The van der Waals surface area contributed by atoms with Crippen molar-refractivity contribution in [1.29, 1.82) is 0 Å². The second-order valence-electron chi connectivity index (χ2n) is 7.48. The molecule has 1 heterocycles. The van der Waals surface area contributed by atoms with E-state index in [1.165, 1.54) is 36.4 Å². The Balaban J connectivity index is 1.79. The molecule has 6 nitrogen and oxygen atoms in total. The van der Waals surface area contributed by atoms with Crippen LogP contribution >= 0.6 is 0 Å². The minimum atomic E-state index is -3.74. The first-order chi connectivity index (χ1) is 13.5. The lowest BCUT2D eigenvalue weighted by molar-refractivity contribution is 0.0997. The van der Waals surface area contributed by atoms with Gasteiger partial charge >= 0.3 is 0 Å². The highest BCUT2D eigenvalue weighted by molar-refractivity contribution is 7.89. The molecule has 0 radical (unpaired) electrons. The van der Waals surface area contributed by atoms with Crippen LogP contribution < -0.4 is 10.0 Å². The molecule has 0 atom stereocenters. The van der Waals surface area contributed by atoms with E-state index in [4.69, 9.17) is 4.42 Å². The first-order valence-corrected chi connectivity index (χ1v) is 10.3. The number of carbonyl (C=O) groups is 1. The van der Waals surface area contributed by atoms with Gasteiger partial charge in [0.1, 0.15) is 11.6 Å². The number of furan rings is 1. The highest BCUT2D eigenvalue weighted by Gasteiger charge is 2.22. The normalized spacial score (nSPS) is 12.0. The van der Waals surface area contributed by atoms with Crippen molar-refractivity contribution in [3.63, 3.8) is 0 Å². The minimum Gasteiger partial charge on any atom is -0.451 e. The van der Waals surface area contributed by atoms with E-state index in [9.17, 15) is 17.6 Å². The number of anilines is 1. The van der Waals surface area contributed by atoms with E-state index < -0.39 is 27.3 Å². The van der Waals surface area contributed by atoms with E-state index in [1.807, 2.05) is 0 Å². The zero-order chi connectivity index (χ0) is 21.2. The lowest BCUT2D eigenvalue weighted by Gasteiger charge is -2.20. The predicted molar refractivity (Wildman–Crippen MR) is 109 cm³/mol. The van der Waals surface area contributed by atoms with Gasteiger partial charge in [0.05, 0.1) is 10.5 Å². The van der Waals surface area contributed by atoms with Gasteiger partial charge in [0.15, 0.2) is 5.76 Å². The number of hydrogen-bond acceptors (Lipinski definition) is 4. The van der Waals surface area contributed by atoms with Crippen molar-refractivity contribution in [3.8, 4) is 11.3 Å². The molecule has 152 valence electrons. The number of nitrogens with one attached hydrogen (secondary N) is 2. The monoisotopic (exact) mass is 416 g/mol. The van der Waals surface area contributed by atoms with Crippen LogP contribution in [0, 0.1) is 5.82 Å². The van der Waals surface area contributed by atoms with Gasteiger partial charge in [-0.05, 0) is 63.2 Å². The Morgan fingerprint density at radius 2 is 1.72 bits per heavy atom. The first kappa shape index (κ1) is 20.8. The molecule has 0 aliphatic rings. The standard InChI is InChI=1S/C21H21FN2O4S/c1-21(2,3)24-29(26,27)15-8-6-7-14(13-15)23-20(25)19-12-11-18(28-19)16-9-4-5-10-17(16)22/h4-13,24H,1-3H3,(H,23,25). The first-order valence-electron chi connectivity index (χ1n) is 8.85. The molecule has 3 aromatic rings. The van der Waals surface area contributed by atoms with Crippen LogP contribution in [0.2, 0.25) is 0 Å². The fourth-order valence-corrected chi connectivity index (χ4v) is 4.13. The van der Waals surface area contributed by atoms with E-state index in [2.05, 4.69) is 10.0 Å². The Kier molecular flexibility index (Phi) is 5.59. The minimum absolute atomic E-state index is 0.0238. The maximum Gasteiger partial charge on any atom is 0.291 e. The average Bonchev–Trinajstić information content (AvgIpc) is 3.10. The third kappa shape index (κ3) is 5.10. The van der Waals surface area contributed by atoms with Gasteiger partial charge in [0.2, 0.25) is 10.0 Å². The Labute approximate surface area is 168 Å². The molecule has 0 aliphatic heterocycles. The van der Waals surface area contributed by atoms with Gasteiger partial charge in [-0.1, -0.05) is 18.2 Å². The van der Waals surface area contributed by atoms with Gasteiger partial charge in [-0.3, -0.25) is 4.79 Å². The maximum atomic E-state index is 13.9. The van der Waals surface area contributed by atoms with Gasteiger partial charge in [0.25, 0.3) is 5.91 Å². The molecule has 3 rings (SSSR count). The molecule has 2 aromatic carbocycles. The number of rotatable bonds is 5. The summed E-state index contributed by atoms with van der Waals surface area (Å²) in [5, 5.41) is 2.59. The molecular formula is C21H21FN2O4S. The maximum absolute atomic E-state index is 13.9. The van der Waals surface area contributed by atoms with E-state index in [0.717, 1.165) is 0 Å². The molecule has 2 N–H and O–H groups in total. The summed E-state index contributed by atoms with van der Waals surface area (Å²) in [7, 11) is -3.74. The number of halogens is 1. The highest BCUT2D eigenvalue weighted by atomic mass is 32.2. The predicted octanol–water partition coefficient (Wildman–Crippen LogP) is 4.41. The average molecular weight is 416 g/mol. The van der Waals surface area contributed by atoms with Crippen LogP contribution in [-0.2, 0) is 10.0 Å². The van der Waals surface area contributed by atoms with Crippen molar-refractivity contribution < 1.29 is 22.0 Å². The number of sulfonamides is 1. The van der Waals surface area contributed by atoms with Crippen LogP contribution in [0.4, 0.5) is 10.1 Å². The van der Waals surface area contributed by atoms with Crippen LogP contribution in [-0.4, -0.2) is 19.9 Å². The van der Waals surface area contributed by atoms with Crippen molar-refractivity contribution >= 4 is 21.6 Å². The quantitative estimate of drug-likeness (QED) is 0.645. The molecule has 0 bridgehead atoms. The fraction of sp³-hybridized carbons (Fsp3) is 0.190. The summed E-state index contributed by atoms with van der Waals surface area (Å²) >= 11 is 0. The molecule has 0 fully saturated rings. The number of benzene rings is 2. The SMILES string of the molecule is CC(C)(C)NS(=O)(=O)c1cccc(NC(=O)c2ccc(-c3ccccc3F)o2)c1. The summed E-state index contributed by atoms with van der Waals surface area (Å²) < 4.78 is 46.8. The Morgan fingerprint density at radius 1 is 1.00 bits per heavy atom. The zero-order valence-corrected chi connectivity index (χ0v) is 17.0. The summed E-state index contributed by atoms with van der Waals surface area (Å²) in [4.78, 5) is 12.5. The Bertz CT molecular complexity index is 1150. The van der Waals surface area contributed by atoms with Crippen molar-refractivity contribution in [1.82, 2.24) is 4.72 Å². The van der Waals surface area contributed by atoms with E-state index in [0.29, 0.717) is 0 Å².